The molecule has 448 valence electrons. The minimum Gasteiger partial charge on any atom is -0.497 e. The molecular formula is C60H82N4O17Si. The summed E-state index contributed by atoms with van der Waals surface area (Å²) in [5.41, 5.74) is -1.16. The Morgan fingerprint density at radius 3 is 1.84 bits per heavy atom. The van der Waals surface area contributed by atoms with Crippen LogP contribution in [0.15, 0.2) is 94.6 Å². The van der Waals surface area contributed by atoms with E-state index in [1.54, 1.807) is 26.0 Å². The van der Waals surface area contributed by atoms with E-state index in [2.05, 4.69) is 51.8 Å². The summed E-state index contributed by atoms with van der Waals surface area (Å²) >= 11 is 0. The minimum atomic E-state index is -2.72. The summed E-state index contributed by atoms with van der Waals surface area (Å²) in [5.74, 6) is -1.70. The van der Waals surface area contributed by atoms with Crippen LogP contribution in [0.2, 0.25) is 16.6 Å². The van der Waals surface area contributed by atoms with Crippen LogP contribution in [-0.2, 0) is 67.2 Å². The molecule has 82 heavy (non-hydrogen) atoms. The molecular weight excluding hydrogens is 1080 g/mol. The lowest BCUT2D eigenvalue weighted by Crippen LogP contribution is -2.66. The third kappa shape index (κ3) is 15.3. The predicted octanol–water partition coefficient (Wildman–Crippen LogP) is 7.00. The summed E-state index contributed by atoms with van der Waals surface area (Å²) in [7, 11) is 0.475. The van der Waals surface area contributed by atoms with Crippen LogP contribution in [0.5, 0.6) is 11.5 Å². The highest BCUT2D eigenvalue weighted by atomic mass is 28.4. The molecule has 0 saturated carbocycles. The summed E-state index contributed by atoms with van der Waals surface area (Å²) < 4.78 is 63.7. The van der Waals surface area contributed by atoms with Gasteiger partial charge in [-0.1, -0.05) is 96.1 Å². The van der Waals surface area contributed by atoms with Crippen LogP contribution in [0.25, 0.3) is 0 Å². The molecule has 2 fully saturated rings. The van der Waals surface area contributed by atoms with Crippen molar-refractivity contribution in [1.29, 1.82) is 0 Å². The third-order valence-corrected chi connectivity index (χ3v) is 21.3. The fraction of sp³-hybridized carbons (Fsp3) is 0.550. The molecule has 0 aliphatic carbocycles. The normalized spacial score (nSPS) is 21.2. The van der Waals surface area contributed by atoms with Crippen molar-refractivity contribution < 1.29 is 71.0 Å². The van der Waals surface area contributed by atoms with E-state index in [0.717, 1.165) is 30.5 Å². The molecule has 0 spiro atoms. The second-order valence-corrected chi connectivity index (χ2v) is 27.4. The Morgan fingerprint density at radius 2 is 1.32 bits per heavy atom. The van der Waals surface area contributed by atoms with Gasteiger partial charge < -0.3 is 57.3 Å². The molecule has 3 aromatic carbocycles. The van der Waals surface area contributed by atoms with Gasteiger partial charge >= 0.3 is 23.6 Å². The Kier molecular flexibility index (Phi) is 22.4. The standard InChI is InChI=1S/C60H82N4O17Si/c1-37(2)82(38(3)4,39(5)6)77-36-59(35-76-60(45-19-15-14-16-20-45,46-22-26-48(72-12)27-23-46)47-24-28-49(73-13)29-25-47)34-63(32-52(81-59)64-31-40(7)56(70)62-58(64)71)51(69)21-17-18-30-74-57-53(61-41(8)65)55(79-44(11)68)54(78-43(10)67)50(80-57)33-75-42(9)66/h14-16,19-20,22-29,31,37-39,50,52-55,57H,17-18,21,30,32-36H2,1-13H3,(H,61,65)(H,62,70,71)/t50-,52-,53-,54+,55-,57-,59+/m1/s1. The van der Waals surface area contributed by atoms with Gasteiger partial charge in [-0.25, -0.2) is 4.79 Å². The summed E-state index contributed by atoms with van der Waals surface area (Å²) in [6, 6.07) is 23.8. The maximum atomic E-state index is 15.0. The fourth-order valence-corrected chi connectivity index (χ4v) is 17.1. The van der Waals surface area contributed by atoms with E-state index >= 15 is 4.79 Å². The Bertz CT molecular complexity index is 2840. The number of nitrogens with zero attached hydrogens (tertiary/aromatic N) is 2. The number of aryl methyl sites for hydroxylation is 1. The van der Waals surface area contributed by atoms with Crippen LogP contribution in [0.3, 0.4) is 0 Å². The quantitative estimate of drug-likeness (QED) is 0.0211. The Labute approximate surface area is 480 Å². The number of aromatic amines is 1. The number of H-pyrrole nitrogens is 1. The number of benzene rings is 3. The van der Waals surface area contributed by atoms with Gasteiger partial charge in [0.2, 0.25) is 11.8 Å². The number of nitrogens with one attached hydrogen (secondary N) is 2. The lowest BCUT2D eigenvalue weighted by atomic mass is 9.79. The molecule has 0 radical (unpaired) electrons. The van der Waals surface area contributed by atoms with Gasteiger partial charge in [-0.05, 0) is 77.3 Å². The van der Waals surface area contributed by atoms with Crippen LogP contribution in [0, 0.1) is 6.92 Å². The van der Waals surface area contributed by atoms with Crippen LogP contribution >= 0.6 is 0 Å². The number of amides is 2. The molecule has 0 bridgehead atoms. The van der Waals surface area contributed by atoms with Gasteiger partial charge in [-0.15, -0.1) is 0 Å². The molecule has 2 N–H and O–H groups in total. The maximum absolute atomic E-state index is 15.0. The number of methoxy groups -OCH3 is 2. The van der Waals surface area contributed by atoms with Gasteiger partial charge in [0.1, 0.15) is 41.5 Å². The highest BCUT2D eigenvalue weighted by Gasteiger charge is 2.53. The Hall–Kier alpha value is -6.69. The van der Waals surface area contributed by atoms with Gasteiger partial charge in [-0.2, -0.15) is 0 Å². The van der Waals surface area contributed by atoms with Gasteiger partial charge in [0.05, 0.1) is 40.5 Å². The topological polar surface area (TPSA) is 248 Å². The van der Waals surface area contributed by atoms with Crippen molar-refractivity contribution in [2.45, 2.75) is 160 Å². The number of ether oxygens (including phenoxy) is 9. The highest BCUT2D eigenvalue weighted by molar-refractivity contribution is 6.77. The molecule has 22 heteroatoms. The SMILES string of the molecule is COc1ccc(C(OC[C@]2(CO[Si](C(C)C)(C(C)C)C(C)C)CN(C(=O)CCCCO[C@@H]3O[C@H](COC(C)=O)[C@H](OC(C)=O)[C@H](OC(C)=O)[C@H]3NC(C)=O)C[C@H](n3cc(C)c(=O)[nH]c3=O)O2)(c2ccccc2)c2ccc(OC)cc2)cc1. The second kappa shape index (κ2) is 28.5. The van der Waals surface area contributed by atoms with E-state index in [1.165, 1.54) is 24.6 Å². The van der Waals surface area contributed by atoms with Gasteiger partial charge in [0.25, 0.3) is 5.56 Å². The molecule has 7 atom stereocenters. The molecule has 3 heterocycles. The average Bonchev–Trinajstić information content (AvgIpc) is 2.37. The lowest BCUT2D eigenvalue weighted by Gasteiger charge is -2.50. The first kappa shape index (κ1) is 64.5. The number of carbonyl (C=O) groups is 5. The van der Waals surface area contributed by atoms with E-state index in [-0.39, 0.29) is 80.3 Å². The average molecular weight is 1160 g/mol. The first-order chi connectivity index (χ1) is 38.9. The second-order valence-electron chi connectivity index (χ2n) is 22.0. The lowest BCUT2D eigenvalue weighted by molar-refractivity contribution is -0.277. The largest absolute Gasteiger partial charge is 0.497 e. The number of aromatic nitrogens is 2. The van der Waals surface area contributed by atoms with Crippen molar-refractivity contribution >= 4 is 38.0 Å². The third-order valence-electron chi connectivity index (χ3n) is 15.2. The van der Waals surface area contributed by atoms with Crippen molar-refractivity contribution in [3.63, 3.8) is 0 Å². The van der Waals surface area contributed by atoms with E-state index in [0.29, 0.717) is 11.5 Å². The van der Waals surface area contributed by atoms with E-state index < -0.39 is 98.1 Å². The predicted molar refractivity (Wildman–Crippen MR) is 305 cm³/mol. The molecule has 0 unspecified atom stereocenters. The van der Waals surface area contributed by atoms with Gasteiger partial charge in [0, 0.05) is 52.5 Å². The monoisotopic (exact) mass is 1160 g/mol. The van der Waals surface area contributed by atoms with Crippen molar-refractivity contribution in [2.24, 2.45) is 0 Å². The van der Waals surface area contributed by atoms with E-state index in [1.807, 2.05) is 78.9 Å². The number of unbranched alkanes of at least 4 members (excludes halogenated alkanes) is 1. The summed E-state index contributed by atoms with van der Waals surface area (Å²) in [6.07, 6.45) is -4.26. The summed E-state index contributed by atoms with van der Waals surface area (Å²) in [5, 5.41) is 2.70. The number of carbonyl (C=O) groups excluding carboxylic acids is 5. The first-order valence-corrected chi connectivity index (χ1v) is 30.0. The molecule has 2 aliphatic heterocycles. The number of rotatable bonds is 26. The van der Waals surface area contributed by atoms with Crippen LogP contribution in [0.4, 0.5) is 0 Å². The van der Waals surface area contributed by atoms with E-state index in [4.69, 9.17) is 47.1 Å². The molecule has 2 saturated heterocycles. The van der Waals surface area contributed by atoms with Crippen LogP contribution < -0.4 is 26.0 Å². The Morgan fingerprint density at radius 1 is 0.756 bits per heavy atom. The van der Waals surface area contributed by atoms with Crippen LogP contribution in [-0.4, -0.2) is 142 Å². The van der Waals surface area contributed by atoms with Crippen molar-refractivity contribution in [2.75, 3.05) is 53.7 Å². The minimum absolute atomic E-state index is 0.0118. The molecule has 1 aromatic heterocycles. The fourth-order valence-electron chi connectivity index (χ4n) is 11.5. The van der Waals surface area contributed by atoms with Crippen molar-refractivity contribution in [3.8, 4) is 11.5 Å². The number of esters is 3. The summed E-state index contributed by atoms with van der Waals surface area (Å²) in [4.78, 5) is 95.2. The summed E-state index contributed by atoms with van der Waals surface area (Å²) in [6.45, 7) is 18.6. The Balaban J connectivity index is 1.40. The number of hydrogen-bond donors (Lipinski definition) is 2. The molecule has 21 nitrogen and oxygen atoms in total. The number of morpholine rings is 1. The van der Waals surface area contributed by atoms with Crippen molar-refractivity contribution in [3.05, 3.63) is 128 Å². The van der Waals surface area contributed by atoms with Gasteiger partial charge in [-0.3, -0.25) is 38.3 Å². The zero-order chi connectivity index (χ0) is 60.1. The molecule has 2 amide bonds. The molecule has 4 aromatic rings. The maximum Gasteiger partial charge on any atom is 0.330 e. The smallest absolute Gasteiger partial charge is 0.330 e. The van der Waals surface area contributed by atoms with Crippen molar-refractivity contribution in [1.82, 2.24) is 19.8 Å². The highest BCUT2D eigenvalue weighted by Crippen LogP contribution is 2.46. The number of hydrogen-bond acceptors (Lipinski definition) is 17. The zero-order valence-corrected chi connectivity index (χ0v) is 50.5. The van der Waals surface area contributed by atoms with Gasteiger partial charge in [0.15, 0.2) is 33.0 Å². The molecule has 2 aliphatic rings. The zero-order valence-electron chi connectivity index (χ0n) is 49.5. The van der Waals surface area contributed by atoms with Crippen LogP contribution in [0.1, 0.15) is 117 Å². The van der Waals surface area contributed by atoms with E-state index in [9.17, 15) is 28.8 Å². The first-order valence-electron chi connectivity index (χ1n) is 27.8. The molecule has 6 rings (SSSR count).